The lowest BCUT2D eigenvalue weighted by atomic mass is 10.1. The molecule has 0 aliphatic carbocycles. The summed E-state index contributed by atoms with van der Waals surface area (Å²) in [5, 5.41) is 4.15. The molecule has 7 heteroatoms. The van der Waals surface area contributed by atoms with Crippen molar-refractivity contribution in [1.29, 1.82) is 0 Å². The number of rotatable bonds is 10. The number of hydrogen-bond acceptors (Lipinski definition) is 4. The highest BCUT2D eigenvalue weighted by atomic mass is 32.2. The van der Waals surface area contributed by atoms with E-state index in [1.165, 1.54) is 23.9 Å². The summed E-state index contributed by atoms with van der Waals surface area (Å²) in [4.78, 5) is 30.2. The minimum Gasteiger partial charge on any atom is -0.350 e. The lowest BCUT2D eigenvalue weighted by molar-refractivity contribution is -0.121. The summed E-state index contributed by atoms with van der Waals surface area (Å²) in [6, 6.07) is 23.0. The van der Waals surface area contributed by atoms with Gasteiger partial charge in [0.2, 0.25) is 5.91 Å². The fourth-order valence-electron chi connectivity index (χ4n) is 3.89. The molecule has 1 amide bonds. The topological polar surface area (TPSA) is 64.0 Å². The Labute approximate surface area is 208 Å². The van der Waals surface area contributed by atoms with Gasteiger partial charge in [0.05, 0.1) is 22.6 Å². The molecule has 1 heterocycles. The Morgan fingerprint density at radius 2 is 1.69 bits per heavy atom. The van der Waals surface area contributed by atoms with E-state index in [0.717, 1.165) is 30.6 Å². The minimum atomic E-state index is -0.355. The number of carbonyl (C=O) groups is 1. The number of carbonyl (C=O) groups excluding carboxylic acids is 1. The zero-order chi connectivity index (χ0) is 24.6. The molecule has 180 valence electrons. The van der Waals surface area contributed by atoms with Gasteiger partial charge in [0, 0.05) is 12.2 Å². The first kappa shape index (κ1) is 24.7. The first-order chi connectivity index (χ1) is 17.0. The Bertz CT molecular complexity index is 1340. The van der Waals surface area contributed by atoms with E-state index in [0.29, 0.717) is 28.2 Å². The normalized spacial score (nSPS) is 11.9. The van der Waals surface area contributed by atoms with Crippen LogP contribution in [-0.2, 0) is 4.79 Å². The van der Waals surface area contributed by atoms with Crippen molar-refractivity contribution in [2.75, 3.05) is 5.75 Å². The quantitative estimate of drug-likeness (QED) is 0.167. The average molecular weight is 490 g/mol. The Morgan fingerprint density at radius 3 is 2.46 bits per heavy atom. The number of fused-ring (bicyclic) bond motifs is 1. The van der Waals surface area contributed by atoms with E-state index in [9.17, 15) is 14.0 Å². The van der Waals surface area contributed by atoms with Crippen LogP contribution >= 0.6 is 11.8 Å². The van der Waals surface area contributed by atoms with Crippen LogP contribution in [0.4, 0.5) is 4.39 Å². The van der Waals surface area contributed by atoms with Gasteiger partial charge in [0.15, 0.2) is 5.16 Å². The molecule has 5 nitrogen and oxygen atoms in total. The lowest BCUT2D eigenvalue weighted by Gasteiger charge is -2.14. The van der Waals surface area contributed by atoms with Crippen LogP contribution in [0, 0.1) is 5.82 Å². The molecule has 0 spiro atoms. The molecule has 0 bridgehead atoms. The number of aromatic nitrogens is 2. The third-order valence-corrected chi connectivity index (χ3v) is 6.81. The SMILES string of the molecule is CC(NC(=O)CCCCCSc1nc2ccccc2c(=O)n1-c1ccc(F)cc1)c1ccccc1. The molecule has 0 aliphatic rings. The second-order valence-electron chi connectivity index (χ2n) is 8.39. The van der Waals surface area contributed by atoms with E-state index in [2.05, 4.69) is 5.32 Å². The summed E-state index contributed by atoms with van der Waals surface area (Å²) in [5.74, 6) is 0.455. The molecule has 35 heavy (non-hydrogen) atoms. The van der Waals surface area contributed by atoms with Crippen molar-refractivity contribution in [1.82, 2.24) is 14.9 Å². The molecule has 1 unspecified atom stereocenters. The summed E-state index contributed by atoms with van der Waals surface area (Å²) in [6.07, 6.45) is 3.06. The van der Waals surface area contributed by atoms with Crippen LogP contribution < -0.4 is 10.9 Å². The molecule has 0 radical (unpaired) electrons. The monoisotopic (exact) mass is 489 g/mol. The number of benzene rings is 3. The Kier molecular flexibility index (Phi) is 8.32. The molecule has 0 fully saturated rings. The first-order valence-corrected chi connectivity index (χ1v) is 12.8. The third kappa shape index (κ3) is 6.36. The van der Waals surface area contributed by atoms with Gasteiger partial charge in [-0.1, -0.05) is 60.6 Å². The Morgan fingerprint density at radius 1 is 0.971 bits per heavy atom. The molecular formula is C28H28FN3O2S. The van der Waals surface area contributed by atoms with Crippen molar-refractivity contribution >= 4 is 28.6 Å². The van der Waals surface area contributed by atoms with Crippen molar-refractivity contribution in [2.24, 2.45) is 0 Å². The number of halogens is 1. The predicted octanol–water partition coefficient (Wildman–Crippen LogP) is 6.05. The maximum absolute atomic E-state index is 13.5. The van der Waals surface area contributed by atoms with Crippen molar-refractivity contribution in [3.8, 4) is 5.69 Å². The van der Waals surface area contributed by atoms with E-state index < -0.39 is 0 Å². The fourth-order valence-corrected chi connectivity index (χ4v) is 4.90. The van der Waals surface area contributed by atoms with Gasteiger partial charge in [-0.15, -0.1) is 0 Å². The summed E-state index contributed by atoms with van der Waals surface area (Å²) in [7, 11) is 0. The molecule has 4 rings (SSSR count). The number of amides is 1. The molecule has 1 N–H and O–H groups in total. The van der Waals surface area contributed by atoms with Gasteiger partial charge in [-0.3, -0.25) is 14.2 Å². The highest BCUT2D eigenvalue weighted by molar-refractivity contribution is 7.99. The predicted molar refractivity (Wildman–Crippen MR) is 139 cm³/mol. The van der Waals surface area contributed by atoms with E-state index in [1.807, 2.05) is 55.5 Å². The summed E-state index contributed by atoms with van der Waals surface area (Å²) < 4.78 is 15.0. The molecule has 1 aromatic heterocycles. The van der Waals surface area contributed by atoms with Crippen LogP contribution in [0.15, 0.2) is 88.8 Å². The summed E-state index contributed by atoms with van der Waals surface area (Å²) in [6.45, 7) is 1.99. The second kappa shape index (κ2) is 11.8. The summed E-state index contributed by atoms with van der Waals surface area (Å²) in [5.41, 5.74) is 2.14. The molecule has 0 saturated carbocycles. The van der Waals surface area contributed by atoms with Crippen molar-refractivity contribution < 1.29 is 9.18 Å². The maximum Gasteiger partial charge on any atom is 0.266 e. The van der Waals surface area contributed by atoms with Crippen LogP contribution in [-0.4, -0.2) is 21.2 Å². The zero-order valence-electron chi connectivity index (χ0n) is 19.6. The minimum absolute atomic E-state index is 0.0126. The number of thioether (sulfide) groups is 1. The zero-order valence-corrected chi connectivity index (χ0v) is 20.4. The molecule has 1 atom stereocenters. The second-order valence-corrected chi connectivity index (χ2v) is 9.45. The van der Waals surface area contributed by atoms with E-state index in [-0.39, 0.29) is 23.3 Å². The number of unbranched alkanes of at least 4 members (excludes halogenated alkanes) is 2. The van der Waals surface area contributed by atoms with Gasteiger partial charge in [-0.25, -0.2) is 9.37 Å². The lowest BCUT2D eigenvalue weighted by Crippen LogP contribution is -2.26. The molecule has 0 saturated heterocycles. The van der Waals surface area contributed by atoms with Crippen LogP contribution in [0.3, 0.4) is 0 Å². The fraction of sp³-hybridized carbons (Fsp3) is 0.250. The summed E-state index contributed by atoms with van der Waals surface area (Å²) >= 11 is 1.50. The van der Waals surface area contributed by atoms with Gasteiger partial charge < -0.3 is 5.32 Å². The molecule has 4 aromatic rings. The van der Waals surface area contributed by atoms with Gasteiger partial charge in [0.1, 0.15) is 5.82 Å². The van der Waals surface area contributed by atoms with Crippen molar-refractivity contribution in [3.63, 3.8) is 0 Å². The highest BCUT2D eigenvalue weighted by Gasteiger charge is 2.14. The number of hydrogen-bond donors (Lipinski definition) is 1. The van der Waals surface area contributed by atoms with E-state index >= 15 is 0 Å². The van der Waals surface area contributed by atoms with Gasteiger partial charge in [0.25, 0.3) is 5.56 Å². The van der Waals surface area contributed by atoms with Crippen molar-refractivity contribution in [2.45, 2.75) is 43.8 Å². The number of nitrogens with one attached hydrogen (secondary N) is 1. The smallest absolute Gasteiger partial charge is 0.266 e. The van der Waals surface area contributed by atoms with Gasteiger partial charge in [-0.05, 0) is 61.7 Å². The Hall–Kier alpha value is -3.45. The molecule has 0 aliphatic heterocycles. The maximum atomic E-state index is 13.5. The Balaban J connectivity index is 1.33. The standard InChI is InChI=1S/C28H28FN3O2S/c1-20(21-10-4-2-5-11-21)30-26(33)14-6-3-9-19-35-28-31-25-13-8-7-12-24(25)27(34)32(28)23-17-15-22(29)16-18-23/h2,4-5,7-8,10-13,15-18,20H,3,6,9,14,19H2,1H3,(H,30,33). The largest absolute Gasteiger partial charge is 0.350 e. The van der Waals surface area contributed by atoms with E-state index in [1.54, 1.807) is 22.8 Å². The number of nitrogens with zero attached hydrogens (tertiary/aromatic N) is 2. The van der Waals surface area contributed by atoms with E-state index in [4.69, 9.17) is 4.98 Å². The van der Waals surface area contributed by atoms with Crippen LogP contribution in [0.2, 0.25) is 0 Å². The molecule has 3 aromatic carbocycles. The number of para-hydroxylation sites is 1. The third-order valence-electron chi connectivity index (χ3n) is 5.79. The average Bonchev–Trinajstić information content (AvgIpc) is 2.87. The molecular weight excluding hydrogens is 461 g/mol. The van der Waals surface area contributed by atoms with Gasteiger partial charge >= 0.3 is 0 Å². The van der Waals surface area contributed by atoms with Crippen LogP contribution in [0.5, 0.6) is 0 Å². The van der Waals surface area contributed by atoms with Crippen LogP contribution in [0.25, 0.3) is 16.6 Å². The van der Waals surface area contributed by atoms with Crippen molar-refractivity contribution in [3.05, 3.63) is 101 Å². The first-order valence-electron chi connectivity index (χ1n) is 11.8. The highest BCUT2D eigenvalue weighted by Crippen LogP contribution is 2.23. The van der Waals surface area contributed by atoms with Gasteiger partial charge in [-0.2, -0.15) is 0 Å². The van der Waals surface area contributed by atoms with Crippen LogP contribution in [0.1, 0.15) is 44.2 Å².